The van der Waals surface area contributed by atoms with Gasteiger partial charge in [0.2, 0.25) is 0 Å². The van der Waals surface area contributed by atoms with Gasteiger partial charge < -0.3 is 10.2 Å². The smallest absolute Gasteiger partial charge is 0.162 e. The molecule has 0 amide bonds. The summed E-state index contributed by atoms with van der Waals surface area (Å²) in [5, 5.41) is 3.07. The first-order valence-electron chi connectivity index (χ1n) is 7.87. The first-order chi connectivity index (χ1) is 11.3. The zero-order valence-electron chi connectivity index (χ0n) is 14.0. The number of carbonyl (C=O) groups excluding carboxylic acids is 1. The molecular formula is C19H20BrFN2O. The maximum Gasteiger partial charge on any atom is 0.162 e. The highest BCUT2D eigenvalue weighted by molar-refractivity contribution is 9.10. The number of carbonyl (C=O) groups is 1. The average Bonchev–Trinajstić information content (AvgIpc) is 2.53. The number of hydrogen-bond acceptors (Lipinski definition) is 3. The molecular weight excluding hydrogens is 371 g/mol. The quantitative estimate of drug-likeness (QED) is 0.834. The van der Waals surface area contributed by atoms with Gasteiger partial charge in [0.1, 0.15) is 0 Å². The number of rotatable bonds is 3. The highest BCUT2D eigenvalue weighted by Crippen LogP contribution is 2.40. The minimum Gasteiger partial charge on any atom is -0.371 e. The molecule has 2 aromatic carbocycles. The Bertz CT molecular complexity index is 790. The zero-order valence-corrected chi connectivity index (χ0v) is 15.6. The SMILES string of the molecule is CN(Cc1ccccc1)c1cc(Br)c(F)c2c1CC(=O)C(C)(C)N2. The number of fused-ring (bicyclic) bond motifs is 1. The summed E-state index contributed by atoms with van der Waals surface area (Å²) in [6, 6.07) is 11.8. The first-order valence-corrected chi connectivity index (χ1v) is 8.66. The summed E-state index contributed by atoms with van der Waals surface area (Å²) in [4.78, 5) is 14.4. The van der Waals surface area contributed by atoms with Gasteiger partial charge >= 0.3 is 0 Å². The highest BCUT2D eigenvalue weighted by atomic mass is 79.9. The number of Topliss-reactive ketones (excluding diaryl/α,β-unsaturated/α-hetero) is 1. The van der Waals surface area contributed by atoms with Crippen LogP contribution in [0.3, 0.4) is 0 Å². The molecule has 126 valence electrons. The molecule has 0 fully saturated rings. The van der Waals surface area contributed by atoms with Gasteiger partial charge in [0.25, 0.3) is 0 Å². The maximum atomic E-state index is 14.6. The van der Waals surface area contributed by atoms with Crippen molar-refractivity contribution in [3.63, 3.8) is 0 Å². The van der Waals surface area contributed by atoms with Gasteiger partial charge in [-0.05, 0) is 41.4 Å². The van der Waals surface area contributed by atoms with E-state index in [2.05, 4.69) is 21.2 Å². The molecule has 5 heteroatoms. The largest absolute Gasteiger partial charge is 0.371 e. The molecule has 0 radical (unpaired) electrons. The Morgan fingerprint density at radius 1 is 1.29 bits per heavy atom. The van der Waals surface area contributed by atoms with E-state index < -0.39 is 5.54 Å². The van der Waals surface area contributed by atoms with Crippen LogP contribution in [0.1, 0.15) is 25.0 Å². The molecule has 0 spiro atoms. The summed E-state index contributed by atoms with van der Waals surface area (Å²) >= 11 is 3.30. The normalized spacial score (nSPS) is 15.6. The molecule has 0 bridgehead atoms. The Labute approximate surface area is 150 Å². The third-order valence-electron chi connectivity index (χ3n) is 4.45. The Kier molecular flexibility index (Phi) is 4.38. The summed E-state index contributed by atoms with van der Waals surface area (Å²) < 4.78 is 15.0. The van der Waals surface area contributed by atoms with Gasteiger partial charge in [-0.2, -0.15) is 0 Å². The molecule has 1 aliphatic heterocycles. The second kappa shape index (κ2) is 6.20. The van der Waals surface area contributed by atoms with Crippen molar-refractivity contribution >= 4 is 33.1 Å². The fraction of sp³-hybridized carbons (Fsp3) is 0.316. The van der Waals surface area contributed by atoms with Crippen LogP contribution in [0.15, 0.2) is 40.9 Å². The van der Waals surface area contributed by atoms with Gasteiger partial charge in [-0.15, -0.1) is 0 Å². The summed E-state index contributed by atoms with van der Waals surface area (Å²) in [5.41, 5.74) is 2.40. The molecule has 1 aliphatic rings. The van der Waals surface area contributed by atoms with Crippen molar-refractivity contribution in [3.8, 4) is 0 Å². The molecule has 0 aromatic heterocycles. The third-order valence-corrected chi connectivity index (χ3v) is 5.03. The van der Waals surface area contributed by atoms with Crippen molar-refractivity contribution < 1.29 is 9.18 Å². The summed E-state index contributed by atoms with van der Waals surface area (Å²) in [7, 11) is 1.96. The Balaban J connectivity index is 2.03. The first kappa shape index (κ1) is 17.0. The minimum atomic E-state index is -0.760. The Morgan fingerprint density at radius 2 is 1.96 bits per heavy atom. The summed E-state index contributed by atoms with van der Waals surface area (Å²) in [6.07, 6.45) is 0.230. The molecule has 24 heavy (non-hydrogen) atoms. The number of benzene rings is 2. The number of anilines is 2. The van der Waals surface area contributed by atoms with Crippen LogP contribution in [-0.2, 0) is 17.8 Å². The van der Waals surface area contributed by atoms with E-state index in [1.54, 1.807) is 19.9 Å². The van der Waals surface area contributed by atoms with Crippen molar-refractivity contribution in [1.29, 1.82) is 0 Å². The molecule has 0 aliphatic carbocycles. The molecule has 0 unspecified atom stereocenters. The number of hydrogen-bond donors (Lipinski definition) is 1. The van der Waals surface area contributed by atoms with Gasteiger partial charge in [-0.3, -0.25) is 4.79 Å². The fourth-order valence-electron chi connectivity index (χ4n) is 3.01. The van der Waals surface area contributed by atoms with Gasteiger partial charge in [-0.1, -0.05) is 30.3 Å². The van der Waals surface area contributed by atoms with Crippen LogP contribution in [0.25, 0.3) is 0 Å². The minimum absolute atomic E-state index is 0.0612. The number of nitrogens with zero attached hydrogens (tertiary/aromatic N) is 1. The van der Waals surface area contributed by atoms with E-state index in [-0.39, 0.29) is 18.0 Å². The van der Waals surface area contributed by atoms with Crippen LogP contribution < -0.4 is 10.2 Å². The Hall–Kier alpha value is -1.88. The maximum absolute atomic E-state index is 14.6. The summed E-state index contributed by atoms with van der Waals surface area (Å²) in [5.74, 6) is -0.284. The molecule has 3 rings (SSSR count). The predicted octanol–water partition coefficient (Wildman–Crippen LogP) is 4.54. The van der Waals surface area contributed by atoms with E-state index >= 15 is 0 Å². The van der Waals surface area contributed by atoms with Crippen LogP contribution in [0, 0.1) is 5.82 Å². The molecule has 1 N–H and O–H groups in total. The monoisotopic (exact) mass is 390 g/mol. The fourth-order valence-corrected chi connectivity index (χ4v) is 3.42. The van der Waals surface area contributed by atoms with Crippen molar-refractivity contribution in [2.24, 2.45) is 0 Å². The third kappa shape index (κ3) is 3.05. The van der Waals surface area contributed by atoms with E-state index in [1.165, 1.54) is 0 Å². The van der Waals surface area contributed by atoms with E-state index in [0.29, 0.717) is 16.7 Å². The number of nitrogens with one attached hydrogen (secondary N) is 1. The molecule has 2 aromatic rings. The van der Waals surface area contributed by atoms with Crippen molar-refractivity contribution in [1.82, 2.24) is 0 Å². The van der Waals surface area contributed by atoms with E-state index in [0.717, 1.165) is 16.8 Å². The molecule has 0 atom stereocenters. The van der Waals surface area contributed by atoms with Crippen molar-refractivity contribution in [3.05, 3.63) is 57.8 Å². The van der Waals surface area contributed by atoms with Crippen molar-refractivity contribution in [2.45, 2.75) is 32.4 Å². The van der Waals surface area contributed by atoms with E-state index in [4.69, 9.17) is 0 Å². The van der Waals surface area contributed by atoms with Gasteiger partial charge in [0.15, 0.2) is 11.6 Å². The van der Waals surface area contributed by atoms with Crippen LogP contribution in [0.2, 0.25) is 0 Å². The van der Waals surface area contributed by atoms with Crippen LogP contribution in [0.5, 0.6) is 0 Å². The second-order valence-electron chi connectivity index (χ2n) is 6.74. The number of halogens is 2. The highest BCUT2D eigenvalue weighted by Gasteiger charge is 2.36. The van der Waals surface area contributed by atoms with Crippen LogP contribution >= 0.6 is 15.9 Å². The molecule has 1 heterocycles. The van der Waals surface area contributed by atoms with E-state index in [9.17, 15) is 9.18 Å². The average molecular weight is 391 g/mol. The zero-order chi connectivity index (χ0) is 17.5. The Morgan fingerprint density at radius 3 is 2.62 bits per heavy atom. The van der Waals surface area contributed by atoms with Gasteiger partial charge in [-0.25, -0.2) is 4.39 Å². The van der Waals surface area contributed by atoms with Crippen LogP contribution in [0.4, 0.5) is 15.8 Å². The van der Waals surface area contributed by atoms with Crippen molar-refractivity contribution in [2.75, 3.05) is 17.3 Å². The van der Waals surface area contributed by atoms with Gasteiger partial charge in [0, 0.05) is 31.3 Å². The topological polar surface area (TPSA) is 32.3 Å². The predicted molar refractivity (Wildman–Crippen MR) is 99.1 cm³/mol. The van der Waals surface area contributed by atoms with Gasteiger partial charge in [0.05, 0.1) is 15.7 Å². The van der Waals surface area contributed by atoms with E-state index in [1.807, 2.05) is 42.3 Å². The lowest BCUT2D eigenvalue weighted by molar-refractivity contribution is -0.122. The lowest BCUT2D eigenvalue weighted by Gasteiger charge is -2.35. The standard InChI is InChI=1S/C19H20BrFN2O/c1-19(2)16(24)9-13-15(10-14(20)17(21)18(13)22-19)23(3)11-12-7-5-4-6-8-12/h4-8,10,22H,9,11H2,1-3H3. The summed E-state index contributed by atoms with van der Waals surface area (Å²) in [6.45, 7) is 4.25. The number of ketones is 1. The lowest BCUT2D eigenvalue weighted by Crippen LogP contribution is -2.45. The molecule has 0 saturated heterocycles. The lowest BCUT2D eigenvalue weighted by atomic mass is 9.87. The van der Waals surface area contributed by atoms with Crippen LogP contribution in [-0.4, -0.2) is 18.4 Å². The second-order valence-corrected chi connectivity index (χ2v) is 7.59. The molecule has 0 saturated carbocycles. The molecule has 3 nitrogen and oxygen atoms in total.